The van der Waals surface area contributed by atoms with E-state index in [1.165, 1.54) is 29.2 Å². The number of carbonyl (C=O) groups is 11. The first-order valence-electron chi connectivity index (χ1n) is 22.4. The van der Waals surface area contributed by atoms with Gasteiger partial charge in [-0.25, -0.2) is 0 Å². The van der Waals surface area contributed by atoms with E-state index in [1.54, 1.807) is 13.8 Å². The molecule has 11 amide bonds. The van der Waals surface area contributed by atoms with Crippen LogP contribution in [0.2, 0.25) is 0 Å². The van der Waals surface area contributed by atoms with Crippen LogP contribution in [-0.2, 0) is 59.2 Å². The Bertz CT molecular complexity index is 2010. The Balaban J connectivity index is 2.34. The fraction of sp³-hybridized carbons (Fsp3) is 0.605. The van der Waals surface area contributed by atoms with Gasteiger partial charge in [0.2, 0.25) is 65.0 Å². The molecular formula is C43H68N12O12S2. The topological polar surface area (TPSA) is 400 Å². The average Bonchev–Trinajstić information content (AvgIpc) is 3.79. The predicted molar refractivity (Wildman–Crippen MR) is 257 cm³/mol. The van der Waals surface area contributed by atoms with Crippen LogP contribution < -0.4 is 60.2 Å². The number of nitrogens with two attached hydrogens (primary N) is 4. The van der Waals surface area contributed by atoms with Gasteiger partial charge in [0.1, 0.15) is 48.0 Å². The van der Waals surface area contributed by atoms with Crippen LogP contribution in [0.5, 0.6) is 5.75 Å². The van der Waals surface area contributed by atoms with Crippen LogP contribution in [0.15, 0.2) is 24.3 Å². The van der Waals surface area contributed by atoms with Crippen molar-refractivity contribution in [3.05, 3.63) is 29.8 Å². The zero-order valence-corrected chi connectivity index (χ0v) is 40.9. The van der Waals surface area contributed by atoms with Gasteiger partial charge >= 0.3 is 0 Å². The van der Waals surface area contributed by atoms with Gasteiger partial charge in [-0.05, 0) is 55.2 Å². The van der Waals surface area contributed by atoms with Gasteiger partial charge in [0, 0.05) is 30.9 Å². The summed E-state index contributed by atoms with van der Waals surface area (Å²) in [6.45, 7) is 6.61. The summed E-state index contributed by atoms with van der Waals surface area (Å²) in [7, 11) is 0. The molecule has 0 bridgehead atoms. The van der Waals surface area contributed by atoms with E-state index in [0.717, 1.165) is 0 Å². The molecule has 1 fully saturated rings. The number of hydrogen-bond donors (Lipinski definition) is 14. The molecule has 1 saturated heterocycles. The van der Waals surface area contributed by atoms with Gasteiger partial charge in [-0.3, -0.25) is 52.7 Å². The minimum Gasteiger partial charge on any atom is -0.508 e. The summed E-state index contributed by atoms with van der Waals surface area (Å²) in [6, 6.07) is -4.84. The normalized spacial score (nSPS) is 16.8. The van der Waals surface area contributed by atoms with Crippen LogP contribution in [-0.4, -0.2) is 148 Å². The van der Waals surface area contributed by atoms with Crippen LogP contribution >= 0.6 is 25.3 Å². The molecule has 384 valence electrons. The summed E-state index contributed by atoms with van der Waals surface area (Å²) in [4.78, 5) is 145. The molecule has 24 nitrogen and oxygen atoms in total. The minimum atomic E-state index is -1.76. The number of aromatic hydroxyl groups is 1. The molecule has 1 aliphatic rings. The standard InChI is InChI=1S/C43H68N12O12S2/c1-5-22(4)35(54-40(64)28(50-36(60)25(44)19-68)16-23-8-10-24(56)11-9-23)42(66)49-26(12-13-32(45)57)38(62)51-29(17-33(46)58)39(63)53-30(20-69)43(67)55-14-6-7-31(55)41(65)52-27(15-21(2)3)37(61)48-18-34(47)59/h8-11,21-22,25-31,35,56,68-69H,5-7,12-20,44H2,1-4H3,(H2,45,57)(H2,46,58)(H2,47,59)(H,48,61)(H,49,66)(H,50,60)(H,51,62)(H,52,65)(H,53,63)(H,54,64)/t22-,25-,26?,27-,28?,29-,30?,31-,35-/m0/s1. The molecular weight excluding hydrogens is 941 g/mol. The van der Waals surface area contributed by atoms with E-state index in [4.69, 9.17) is 22.9 Å². The average molecular weight is 1010 g/mol. The fourth-order valence-corrected chi connectivity index (χ4v) is 7.54. The Morgan fingerprint density at radius 1 is 0.696 bits per heavy atom. The number of amides is 11. The Morgan fingerprint density at radius 3 is 1.83 bits per heavy atom. The van der Waals surface area contributed by atoms with E-state index in [0.29, 0.717) is 18.4 Å². The maximum absolute atomic E-state index is 14.0. The second kappa shape index (κ2) is 29.0. The third-order valence-corrected chi connectivity index (χ3v) is 11.9. The first-order chi connectivity index (χ1) is 32.4. The molecule has 0 aromatic heterocycles. The maximum atomic E-state index is 14.0. The number of hydrogen-bond acceptors (Lipinski definition) is 15. The predicted octanol–water partition coefficient (Wildman–Crippen LogP) is -4.14. The lowest BCUT2D eigenvalue weighted by atomic mass is 9.96. The van der Waals surface area contributed by atoms with Gasteiger partial charge in [0.05, 0.1) is 19.0 Å². The Hall–Kier alpha value is -6.15. The van der Waals surface area contributed by atoms with E-state index < -0.39 is 145 Å². The highest BCUT2D eigenvalue weighted by atomic mass is 32.1. The number of nitrogens with zero attached hydrogens (tertiary/aromatic N) is 1. The molecule has 0 spiro atoms. The quantitative estimate of drug-likeness (QED) is 0.0340. The molecule has 3 unspecified atom stereocenters. The van der Waals surface area contributed by atoms with E-state index in [2.05, 4.69) is 62.5 Å². The SMILES string of the molecule is CC[C@H](C)[C@H](NC(=O)C(Cc1ccc(O)cc1)NC(=O)[C@@H](N)CS)C(=O)NC(CCC(N)=O)C(=O)N[C@@H](CC(N)=O)C(=O)NC(CS)C(=O)N1CCC[C@H]1C(=O)N[C@@H](CC(C)C)C(=O)NCC(N)=O. The van der Waals surface area contributed by atoms with Crippen molar-refractivity contribution >= 4 is 90.2 Å². The Labute approximate surface area is 411 Å². The molecule has 1 aromatic rings. The van der Waals surface area contributed by atoms with Crippen molar-refractivity contribution in [2.45, 2.75) is 127 Å². The van der Waals surface area contributed by atoms with Gasteiger partial charge in [-0.2, -0.15) is 25.3 Å². The van der Waals surface area contributed by atoms with Crippen molar-refractivity contribution in [2.75, 3.05) is 24.6 Å². The maximum Gasteiger partial charge on any atom is 0.246 e. The van der Waals surface area contributed by atoms with Crippen molar-refractivity contribution in [1.29, 1.82) is 0 Å². The van der Waals surface area contributed by atoms with Crippen LogP contribution in [0.4, 0.5) is 0 Å². The zero-order valence-electron chi connectivity index (χ0n) is 39.2. The molecule has 1 aliphatic heterocycles. The molecule has 1 aromatic carbocycles. The molecule has 9 atom stereocenters. The fourth-order valence-electron chi connectivity index (χ4n) is 7.12. The highest BCUT2D eigenvalue weighted by Gasteiger charge is 2.40. The lowest BCUT2D eigenvalue weighted by molar-refractivity contribution is -0.142. The van der Waals surface area contributed by atoms with Crippen LogP contribution in [0.1, 0.15) is 78.2 Å². The Kier molecular flexibility index (Phi) is 24.8. The van der Waals surface area contributed by atoms with Crippen molar-refractivity contribution in [2.24, 2.45) is 34.8 Å². The first-order valence-corrected chi connectivity index (χ1v) is 23.7. The van der Waals surface area contributed by atoms with E-state index in [9.17, 15) is 57.8 Å². The number of thiol groups is 2. The van der Waals surface area contributed by atoms with Crippen molar-refractivity contribution in [3.63, 3.8) is 0 Å². The second-order valence-electron chi connectivity index (χ2n) is 17.2. The van der Waals surface area contributed by atoms with Gasteiger partial charge in [-0.1, -0.05) is 46.2 Å². The van der Waals surface area contributed by atoms with E-state index in [1.807, 2.05) is 13.8 Å². The molecule has 69 heavy (non-hydrogen) atoms. The number of nitrogens with one attached hydrogen (secondary N) is 7. The molecule has 26 heteroatoms. The van der Waals surface area contributed by atoms with Gasteiger partial charge in [-0.15, -0.1) is 0 Å². The summed E-state index contributed by atoms with van der Waals surface area (Å²) < 4.78 is 0. The summed E-state index contributed by atoms with van der Waals surface area (Å²) in [5.41, 5.74) is 22.4. The summed E-state index contributed by atoms with van der Waals surface area (Å²) in [5.74, 6) is -10.5. The lowest BCUT2D eigenvalue weighted by Gasteiger charge is -2.30. The van der Waals surface area contributed by atoms with Gasteiger partial charge in [0.25, 0.3) is 0 Å². The summed E-state index contributed by atoms with van der Waals surface area (Å²) in [5, 5.41) is 27.2. The molecule has 16 N–H and O–H groups in total. The Morgan fingerprint density at radius 2 is 1.28 bits per heavy atom. The lowest BCUT2D eigenvalue weighted by Crippen LogP contribution is -2.61. The molecule has 1 heterocycles. The number of benzene rings is 1. The van der Waals surface area contributed by atoms with Gasteiger partial charge < -0.3 is 70.2 Å². The largest absolute Gasteiger partial charge is 0.508 e. The summed E-state index contributed by atoms with van der Waals surface area (Å²) in [6.07, 6.45) is -0.672. The third-order valence-electron chi connectivity index (χ3n) is 11.1. The second-order valence-corrected chi connectivity index (χ2v) is 17.9. The monoisotopic (exact) mass is 1010 g/mol. The number of carbonyl (C=O) groups excluding carboxylic acids is 11. The van der Waals surface area contributed by atoms with Crippen LogP contribution in [0, 0.1) is 11.8 Å². The zero-order chi connectivity index (χ0) is 52.1. The molecule has 0 aliphatic carbocycles. The van der Waals surface area contributed by atoms with Crippen LogP contribution in [0.3, 0.4) is 0 Å². The van der Waals surface area contributed by atoms with Gasteiger partial charge in [0.15, 0.2) is 0 Å². The number of phenolic OH excluding ortho intramolecular Hbond substituents is 1. The molecule has 0 saturated carbocycles. The number of phenols is 1. The van der Waals surface area contributed by atoms with Crippen LogP contribution in [0.25, 0.3) is 0 Å². The van der Waals surface area contributed by atoms with Crippen molar-refractivity contribution in [3.8, 4) is 5.75 Å². The van der Waals surface area contributed by atoms with E-state index in [-0.39, 0.29) is 49.0 Å². The van der Waals surface area contributed by atoms with Crippen molar-refractivity contribution < 1.29 is 57.8 Å². The highest BCUT2D eigenvalue weighted by molar-refractivity contribution is 7.80. The first kappa shape index (κ1) is 59.0. The summed E-state index contributed by atoms with van der Waals surface area (Å²) >= 11 is 8.28. The minimum absolute atomic E-state index is 0.0424. The van der Waals surface area contributed by atoms with Crippen molar-refractivity contribution in [1.82, 2.24) is 42.1 Å². The number of likely N-dealkylation sites (tertiary alicyclic amines) is 1. The highest BCUT2D eigenvalue weighted by Crippen LogP contribution is 2.20. The van der Waals surface area contributed by atoms with E-state index >= 15 is 0 Å². The number of primary amides is 3. The molecule has 2 rings (SSSR count). The smallest absolute Gasteiger partial charge is 0.246 e. The molecule has 0 radical (unpaired) electrons. The third kappa shape index (κ3) is 19.8. The number of rotatable bonds is 29.